The number of aliphatic hydroxyl groups excluding tert-OH is 1. The minimum Gasteiger partial charge on any atom is -0.491 e. The van der Waals surface area contributed by atoms with Gasteiger partial charge < -0.3 is 9.84 Å². The van der Waals surface area contributed by atoms with Crippen molar-refractivity contribution in [2.45, 2.75) is 6.42 Å². The molecule has 0 bridgehead atoms. The third-order valence-corrected chi connectivity index (χ3v) is 3.78. The fourth-order valence-corrected chi connectivity index (χ4v) is 2.59. The first-order chi connectivity index (χ1) is 11.3. The first kappa shape index (κ1) is 15.5. The Morgan fingerprint density at radius 2 is 1.70 bits per heavy atom. The lowest BCUT2D eigenvalue weighted by Gasteiger charge is -2.13. The molecule has 0 saturated heterocycles. The maximum atomic E-state index is 8.75. The number of rotatable bonds is 6. The maximum Gasteiger partial charge on any atom is 0.145 e. The van der Waals surface area contributed by atoms with E-state index in [9.17, 15) is 0 Å². The number of aliphatic imine (C=N–C) groups is 1. The average molecular weight is 311 g/mol. The summed E-state index contributed by atoms with van der Waals surface area (Å²) in [6.45, 7) is 1.89. The Kier molecular flexibility index (Phi) is 4.90. The van der Waals surface area contributed by atoms with Crippen molar-refractivity contribution in [3.63, 3.8) is 0 Å². The molecule has 0 unspecified atom stereocenters. The van der Waals surface area contributed by atoms with Crippen molar-refractivity contribution in [2.75, 3.05) is 26.3 Å². The summed E-state index contributed by atoms with van der Waals surface area (Å²) >= 11 is 0. The van der Waals surface area contributed by atoms with E-state index < -0.39 is 0 Å². The molecule has 2 aromatic rings. The van der Waals surface area contributed by atoms with Gasteiger partial charge in [-0.15, -0.1) is 0 Å². The van der Waals surface area contributed by atoms with Gasteiger partial charge in [-0.1, -0.05) is 36.4 Å². The number of aliphatic hydroxyl groups is 1. The molecule has 5 heteroatoms. The Morgan fingerprint density at radius 3 is 2.26 bits per heavy atom. The number of hydrogen-bond donors (Lipinski definition) is 2. The van der Waals surface area contributed by atoms with Crippen molar-refractivity contribution >= 4 is 5.84 Å². The Hall–Kier alpha value is -2.37. The van der Waals surface area contributed by atoms with Gasteiger partial charge >= 0.3 is 0 Å². The van der Waals surface area contributed by atoms with E-state index in [2.05, 4.69) is 29.3 Å². The summed E-state index contributed by atoms with van der Waals surface area (Å²) in [5.74, 6) is 7.54. The van der Waals surface area contributed by atoms with Crippen molar-refractivity contribution in [1.82, 2.24) is 5.01 Å². The summed E-state index contributed by atoms with van der Waals surface area (Å²) in [6, 6.07) is 16.3. The molecule has 120 valence electrons. The first-order valence-electron chi connectivity index (χ1n) is 7.75. The highest BCUT2D eigenvalue weighted by Crippen LogP contribution is 2.16. The molecule has 0 atom stereocenters. The molecule has 3 N–H and O–H groups in total. The van der Waals surface area contributed by atoms with Gasteiger partial charge in [0.1, 0.15) is 18.2 Å². The van der Waals surface area contributed by atoms with Crippen molar-refractivity contribution in [2.24, 2.45) is 10.8 Å². The van der Waals surface area contributed by atoms with Crippen LogP contribution >= 0.6 is 0 Å². The molecule has 1 aliphatic heterocycles. The topological polar surface area (TPSA) is 71.1 Å². The molecule has 0 aromatic heterocycles. The zero-order valence-electron chi connectivity index (χ0n) is 13.0. The molecule has 1 heterocycles. The van der Waals surface area contributed by atoms with E-state index in [4.69, 9.17) is 15.7 Å². The summed E-state index contributed by atoms with van der Waals surface area (Å²) in [5.41, 5.74) is 3.51. The van der Waals surface area contributed by atoms with Crippen LogP contribution < -0.4 is 10.6 Å². The fraction of sp³-hybridized carbons (Fsp3) is 0.278. The molecule has 1 aliphatic rings. The summed E-state index contributed by atoms with van der Waals surface area (Å²) in [5, 5.41) is 10.4. The van der Waals surface area contributed by atoms with Crippen molar-refractivity contribution < 1.29 is 9.84 Å². The largest absolute Gasteiger partial charge is 0.491 e. The molecule has 0 radical (unpaired) electrons. The number of amidine groups is 1. The highest BCUT2D eigenvalue weighted by molar-refractivity contribution is 5.99. The number of nitrogens with two attached hydrogens (primary N) is 1. The van der Waals surface area contributed by atoms with Crippen molar-refractivity contribution in [3.8, 4) is 5.75 Å². The molecule has 23 heavy (non-hydrogen) atoms. The Morgan fingerprint density at radius 1 is 1.04 bits per heavy atom. The van der Waals surface area contributed by atoms with Gasteiger partial charge in [0.05, 0.1) is 19.7 Å². The molecule has 0 fully saturated rings. The predicted molar refractivity (Wildman–Crippen MR) is 90.6 cm³/mol. The van der Waals surface area contributed by atoms with Gasteiger partial charge in [-0.05, 0) is 29.7 Å². The molecular weight excluding hydrogens is 290 g/mol. The normalized spacial score (nSPS) is 14.0. The smallest absolute Gasteiger partial charge is 0.145 e. The summed E-state index contributed by atoms with van der Waals surface area (Å²) in [4.78, 5) is 4.42. The minimum absolute atomic E-state index is 0.0274. The van der Waals surface area contributed by atoms with Crippen molar-refractivity contribution in [3.05, 3.63) is 65.2 Å². The second-order valence-electron chi connectivity index (χ2n) is 5.49. The van der Waals surface area contributed by atoms with Crippen molar-refractivity contribution in [1.29, 1.82) is 0 Å². The maximum absolute atomic E-state index is 8.75. The summed E-state index contributed by atoms with van der Waals surface area (Å²) in [6.07, 6.45) is 0.860. The van der Waals surface area contributed by atoms with E-state index in [1.165, 1.54) is 11.1 Å². The van der Waals surface area contributed by atoms with E-state index in [-0.39, 0.29) is 6.61 Å². The molecule has 0 spiro atoms. The minimum atomic E-state index is 0.0274. The second-order valence-corrected chi connectivity index (χ2v) is 5.49. The van der Waals surface area contributed by atoms with Crippen LogP contribution in [0.3, 0.4) is 0 Å². The van der Waals surface area contributed by atoms with Crippen LogP contribution in [-0.2, 0) is 6.42 Å². The van der Waals surface area contributed by atoms with Gasteiger partial charge in [0, 0.05) is 5.56 Å². The highest BCUT2D eigenvalue weighted by atomic mass is 16.5. The predicted octanol–water partition coefficient (Wildman–Crippen LogP) is 1.58. The molecule has 5 nitrogen and oxygen atoms in total. The lowest BCUT2D eigenvalue weighted by molar-refractivity contribution is 0.201. The van der Waals surface area contributed by atoms with Gasteiger partial charge in [-0.25, -0.2) is 5.84 Å². The van der Waals surface area contributed by atoms with E-state index in [1.54, 1.807) is 5.01 Å². The number of benzene rings is 2. The van der Waals surface area contributed by atoms with E-state index >= 15 is 0 Å². The standard InChI is InChI=1S/C18H21N3O2/c19-21-10-9-20-18(21)16-5-1-14(2-6-16)13-15-3-7-17(8-4-15)23-12-11-22/h1-8,22H,9-13,19H2. The van der Waals surface area contributed by atoms with Crippen LogP contribution in [0, 0.1) is 0 Å². The van der Waals surface area contributed by atoms with Gasteiger partial charge in [0.2, 0.25) is 0 Å². The third-order valence-electron chi connectivity index (χ3n) is 3.78. The van der Waals surface area contributed by atoms with Crippen LogP contribution in [0.5, 0.6) is 5.75 Å². The fourth-order valence-electron chi connectivity index (χ4n) is 2.59. The summed E-state index contributed by atoms with van der Waals surface area (Å²) < 4.78 is 5.36. The van der Waals surface area contributed by atoms with Crippen LogP contribution in [0.15, 0.2) is 53.5 Å². The van der Waals surface area contributed by atoms with Crippen LogP contribution in [0.25, 0.3) is 0 Å². The molecule has 0 amide bonds. The Bertz CT molecular complexity index is 666. The number of hydrogen-bond acceptors (Lipinski definition) is 5. The lowest BCUT2D eigenvalue weighted by Crippen LogP contribution is -2.34. The zero-order chi connectivity index (χ0) is 16.1. The first-order valence-corrected chi connectivity index (χ1v) is 7.75. The monoisotopic (exact) mass is 311 g/mol. The van der Waals surface area contributed by atoms with Gasteiger partial charge in [-0.2, -0.15) is 0 Å². The SMILES string of the molecule is NN1CCN=C1c1ccc(Cc2ccc(OCCO)cc2)cc1. The highest BCUT2D eigenvalue weighted by Gasteiger charge is 2.14. The number of hydrazine groups is 1. The molecule has 3 rings (SSSR count). The second kappa shape index (κ2) is 7.26. The van der Waals surface area contributed by atoms with Crippen LogP contribution in [0.4, 0.5) is 0 Å². The van der Waals surface area contributed by atoms with Gasteiger partial charge in [-0.3, -0.25) is 10.0 Å². The molecule has 0 saturated carbocycles. The van der Waals surface area contributed by atoms with Crippen LogP contribution in [-0.4, -0.2) is 42.3 Å². The molecule has 0 aliphatic carbocycles. The molecular formula is C18H21N3O2. The van der Waals surface area contributed by atoms with E-state index in [0.717, 1.165) is 36.7 Å². The Balaban J connectivity index is 1.64. The average Bonchev–Trinajstić information content (AvgIpc) is 3.01. The van der Waals surface area contributed by atoms with E-state index in [1.807, 2.05) is 24.3 Å². The summed E-state index contributed by atoms with van der Waals surface area (Å²) in [7, 11) is 0. The Labute approximate surface area is 136 Å². The third kappa shape index (κ3) is 3.88. The quantitative estimate of drug-likeness (QED) is 0.795. The van der Waals surface area contributed by atoms with Crippen LogP contribution in [0.2, 0.25) is 0 Å². The molecule has 2 aromatic carbocycles. The zero-order valence-corrected chi connectivity index (χ0v) is 13.0. The lowest BCUT2D eigenvalue weighted by atomic mass is 10.0. The van der Waals surface area contributed by atoms with Gasteiger partial charge in [0.25, 0.3) is 0 Å². The number of nitrogens with zero attached hydrogens (tertiary/aromatic N) is 2. The van der Waals surface area contributed by atoms with Crippen LogP contribution in [0.1, 0.15) is 16.7 Å². The number of ether oxygens (including phenoxy) is 1. The van der Waals surface area contributed by atoms with Gasteiger partial charge in [0.15, 0.2) is 0 Å². The van der Waals surface area contributed by atoms with E-state index in [0.29, 0.717) is 6.61 Å².